The molecule has 0 N–H and O–H groups in total. The molecule has 2 aromatic carbocycles. The van der Waals surface area contributed by atoms with Crippen molar-refractivity contribution in [2.24, 2.45) is 0 Å². The first-order chi connectivity index (χ1) is 8.70. The lowest BCUT2D eigenvalue weighted by molar-refractivity contribution is 0.298. The smallest absolute Gasteiger partial charge is 0.129 e. The molecule has 0 aliphatic carbocycles. The second kappa shape index (κ2) is 5.33. The van der Waals surface area contributed by atoms with Crippen molar-refractivity contribution in [3.05, 3.63) is 65.0 Å². The van der Waals surface area contributed by atoms with Gasteiger partial charge in [-0.05, 0) is 30.7 Å². The fourth-order valence-electron chi connectivity index (χ4n) is 1.60. The van der Waals surface area contributed by atoms with Gasteiger partial charge in [-0.3, -0.25) is 0 Å². The fraction of sp³-hybridized carbons (Fsp3) is 0.133. The van der Waals surface area contributed by atoms with Crippen LogP contribution in [0.1, 0.15) is 16.7 Å². The van der Waals surface area contributed by atoms with E-state index in [0.29, 0.717) is 16.9 Å². The summed E-state index contributed by atoms with van der Waals surface area (Å²) >= 11 is 0. The third kappa shape index (κ3) is 2.67. The highest BCUT2D eigenvalue weighted by atomic mass is 19.1. The van der Waals surface area contributed by atoms with Gasteiger partial charge in [0.05, 0.1) is 11.6 Å². The fourth-order valence-corrected chi connectivity index (χ4v) is 1.60. The summed E-state index contributed by atoms with van der Waals surface area (Å²) in [6.07, 6.45) is 0. The van der Waals surface area contributed by atoms with Gasteiger partial charge in [0.1, 0.15) is 18.2 Å². The van der Waals surface area contributed by atoms with Gasteiger partial charge in [-0.2, -0.15) is 5.26 Å². The molecule has 0 bridgehead atoms. The Kier molecular flexibility index (Phi) is 3.59. The molecule has 0 spiro atoms. The Morgan fingerprint density at radius 1 is 1.22 bits per heavy atom. The number of aryl methyl sites for hydroxylation is 1. The summed E-state index contributed by atoms with van der Waals surface area (Å²) in [5.74, 6) is 0.323. The average Bonchev–Trinajstić information content (AvgIpc) is 2.39. The van der Waals surface area contributed by atoms with E-state index in [1.165, 1.54) is 6.07 Å². The van der Waals surface area contributed by atoms with Crippen LogP contribution >= 0.6 is 0 Å². The van der Waals surface area contributed by atoms with E-state index < -0.39 is 0 Å². The topological polar surface area (TPSA) is 33.0 Å². The Bertz CT molecular complexity index is 602. The highest BCUT2D eigenvalue weighted by Crippen LogP contribution is 2.21. The average molecular weight is 241 g/mol. The molecule has 2 aromatic rings. The van der Waals surface area contributed by atoms with Crippen LogP contribution in [-0.2, 0) is 6.61 Å². The molecule has 0 saturated carbocycles. The molecule has 2 nitrogen and oxygen atoms in total. The van der Waals surface area contributed by atoms with Gasteiger partial charge in [0, 0.05) is 5.56 Å². The first-order valence-electron chi connectivity index (χ1n) is 5.57. The quantitative estimate of drug-likeness (QED) is 0.822. The lowest BCUT2D eigenvalue weighted by atomic mass is 10.1. The van der Waals surface area contributed by atoms with Crippen LogP contribution in [0.4, 0.5) is 4.39 Å². The van der Waals surface area contributed by atoms with Crippen molar-refractivity contribution >= 4 is 0 Å². The van der Waals surface area contributed by atoms with Gasteiger partial charge < -0.3 is 4.74 Å². The zero-order valence-corrected chi connectivity index (χ0v) is 9.98. The van der Waals surface area contributed by atoms with Crippen molar-refractivity contribution in [1.29, 1.82) is 5.26 Å². The maximum atomic E-state index is 13.4. The molecule has 0 radical (unpaired) electrons. The highest BCUT2D eigenvalue weighted by molar-refractivity contribution is 5.41. The maximum Gasteiger partial charge on any atom is 0.129 e. The third-order valence-electron chi connectivity index (χ3n) is 2.66. The number of ether oxygens (including phenoxy) is 1. The molecular weight excluding hydrogens is 229 g/mol. The summed E-state index contributed by atoms with van der Waals surface area (Å²) in [6, 6.07) is 13.7. The molecule has 3 heteroatoms. The molecule has 18 heavy (non-hydrogen) atoms. The van der Waals surface area contributed by atoms with E-state index in [-0.39, 0.29) is 12.4 Å². The zero-order chi connectivity index (χ0) is 13.0. The van der Waals surface area contributed by atoms with Gasteiger partial charge >= 0.3 is 0 Å². The number of nitriles is 1. The molecule has 0 unspecified atom stereocenters. The maximum absolute atomic E-state index is 13.4. The SMILES string of the molecule is Cc1ccc(C#N)cc1OCc1ccccc1F. The van der Waals surface area contributed by atoms with Gasteiger partial charge in [-0.15, -0.1) is 0 Å². The van der Waals surface area contributed by atoms with Crippen LogP contribution < -0.4 is 4.74 Å². The summed E-state index contributed by atoms with van der Waals surface area (Å²) in [4.78, 5) is 0. The molecular formula is C15H12FNO. The van der Waals surface area contributed by atoms with E-state index >= 15 is 0 Å². The molecule has 0 aromatic heterocycles. The molecule has 2 rings (SSSR count). The van der Waals surface area contributed by atoms with Crippen LogP contribution in [-0.4, -0.2) is 0 Å². The Balaban J connectivity index is 2.16. The zero-order valence-electron chi connectivity index (χ0n) is 9.98. The molecule has 0 atom stereocenters. The van der Waals surface area contributed by atoms with E-state index in [2.05, 4.69) is 6.07 Å². The molecule has 0 amide bonds. The second-order valence-electron chi connectivity index (χ2n) is 3.97. The standard InChI is InChI=1S/C15H12FNO/c1-11-6-7-12(9-17)8-15(11)18-10-13-4-2-3-5-14(13)16/h2-8H,10H2,1H3. The molecule has 0 aliphatic rings. The summed E-state index contributed by atoms with van der Waals surface area (Å²) in [7, 11) is 0. The van der Waals surface area contributed by atoms with Crippen molar-refractivity contribution in [2.75, 3.05) is 0 Å². The van der Waals surface area contributed by atoms with Gasteiger partial charge in [0.2, 0.25) is 0 Å². The van der Waals surface area contributed by atoms with Crippen LogP contribution in [0, 0.1) is 24.1 Å². The van der Waals surface area contributed by atoms with Gasteiger partial charge in [-0.1, -0.05) is 24.3 Å². The number of nitrogens with zero attached hydrogens (tertiary/aromatic N) is 1. The Morgan fingerprint density at radius 2 is 2.00 bits per heavy atom. The largest absolute Gasteiger partial charge is 0.488 e. The monoisotopic (exact) mass is 241 g/mol. The van der Waals surface area contributed by atoms with Crippen molar-refractivity contribution in [3.8, 4) is 11.8 Å². The summed E-state index contributed by atoms with van der Waals surface area (Å²) in [5.41, 5.74) is 1.95. The van der Waals surface area contributed by atoms with Gasteiger partial charge in [0.25, 0.3) is 0 Å². The predicted octanol–water partition coefficient (Wildman–Crippen LogP) is 3.58. The van der Waals surface area contributed by atoms with E-state index in [0.717, 1.165) is 5.56 Å². The van der Waals surface area contributed by atoms with E-state index in [9.17, 15) is 4.39 Å². The Hall–Kier alpha value is -2.34. The third-order valence-corrected chi connectivity index (χ3v) is 2.66. The molecule has 0 fully saturated rings. The van der Waals surface area contributed by atoms with Gasteiger partial charge in [0.15, 0.2) is 0 Å². The number of halogens is 1. The molecule has 0 saturated heterocycles. The number of rotatable bonds is 3. The second-order valence-corrected chi connectivity index (χ2v) is 3.97. The number of hydrogen-bond donors (Lipinski definition) is 0. The first-order valence-corrected chi connectivity index (χ1v) is 5.57. The van der Waals surface area contributed by atoms with Crippen molar-refractivity contribution in [1.82, 2.24) is 0 Å². The summed E-state index contributed by atoms with van der Waals surface area (Å²) in [5, 5.41) is 8.82. The van der Waals surface area contributed by atoms with Crippen LogP contribution in [0.2, 0.25) is 0 Å². The highest BCUT2D eigenvalue weighted by Gasteiger charge is 2.04. The molecule has 90 valence electrons. The lowest BCUT2D eigenvalue weighted by Crippen LogP contribution is -1.99. The van der Waals surface area contributed by atoms with E-state index in [1.807, 2.05) is 13.0 Å². The number of hydrogen-bond acceptors (Lipinski definition) is 2. The minimum atomic E-state index is -0.286. The van der Waals surface area contributed by atoms with E-state index in [1.54, 1.807) is 30.3 Å². The first kappa shape index (κ1) is 12.1. The summed E-state index contributed by atoms with van der Waals surface area (Å²) in [6.45, 7) is 2.04. The lowest BCUT2D eigenvalue weighted by Gasteiger charge is -2.09. The van der Waals surface area contributed by atoms with Crippen molar-refractivity contribution < 1.29 is 9.13 Å². The molecule has 0 aliphatic heterocycles. The number of benzene rings is 2. The summed E-state index contributed by atoms with van der Waals surface area (Å²) < 4.78 is 19.0. The van der Waals surface area contributed by atoms with E-state index in [4.69, 9.17) is 10.00 Å². The Labute approximate surface area is 105 Å². The molecule has 0 heterocycles. The van der Waals surface area contributed by atoms with Crippen LogP contribution in [0.25, 0.3) is 0 Å². The van der Waals surface area contributed by atoms with Crippen molar-refractivity contribution in [2.45, 2.75) is 13.5 Å². The van der Waals surface area contributed by atoms with Crippen molar-refractivity contribution in [3.63, 3.8) is 0 Å². The minimum absolute atomic E-state index is 0.155. The normalized spacial score (nSPS) is 9.83. The predicted molar refractivity (Wildman–Crippen MR) is 66.6 cm³/mol. The van der Waals surface area contributed by atoms with Gasteiger partial charge in [-0.25, -0.2) is 4.39 Å². The van der Waals surface area contributed by atoms with Crippen LogP contribution in [0.5, 0.6) is 5.75 Å². The Morgan fingerprint density at radius 3 is 2.72 bits per heavy atom. The minimum Gasteiger partial charge on any atom is -0.488 e. The van der Waals surface area contributed by atoms with Crippen LogP contribution in [0.15, 0.2) is 42.5 Å². The van der Waals surface area contributed by atoms with Crippen LogP contribution in [0.3, 0.4) is 0 Å².